The summed E-state index contributed by atoms with van der Waals surface area (Å²) in [7, 11) is 1.90. The molecule has 0 unspecified atom stereocenters. The quantitative estimate of drug-likeness (QED) is 0.905. The van der Waals surface area contributed by atoms with E-state index in [1.807, 2.05) is 19.2 Å². The van der Waals surface area contributed by atoms with Crippen molar-refractivity contribution in [1.29, 1.82) is 0 Å². The van der Waals surface area contributed by atoms with Gasteiger partial charge < -0.3 is 5.32 Å². The van der Waals surface area contributed by atoms with Crippen molar-refractivity contribution >= 4 is 17.6 Å². The third-order valence-electron chi connectivity index (χ3n) is 3.27. The monoisotopic (exact) mass is 256 g/mol. The maximum atomic E-state index is 4.53. The molecule has 0 atom stereocenters. The summed E-state index contributed by atoms with van der Waals surface area (Å²) < 4.78 is 0. The Labute approximate surface area is 112 Å². The highest BCUT2D eigenvalue weighted by Gasteiger charge is 2.11. The van der Waals surface area contributed by atoms with Crippen LogP contribution in [0.1, 0.15) is 17.5 Å². The summed E-state index contributed by atoms with van der Waals surface area (Å²) in [5.74, 6) is 0.918. The first-order valence-electron chi connectivity index (χ1n) is 6.29. The van der Waals surface area contributed by atoms with E-state index in [1.165, 1.54) is 35.3 Å². The fourth-order valence-electron chi connectivity index (χ4n) is 2.34. The Morgan fingerprint density at radius 2 is 2.00 bits per heavy atom. The number of rotatable bonds is 3. The molecular weight excluding hydrogens is 240 g/mol. The number of pyridine rings is 1. The number of nitrogens with one attached hydrogen (secondary N) is 1. The molecular formula is C15H16N2S. The zero-order valence-corrected chi connectivity index (χ0v) is 11.3. The number of aromatic nitrogens is 1. The van der Waals surface area contributed by atoms with E-state index >= 15 is 0 Å². The zero-order valence-electron chi connectivity index (χ0n) is 10.4. The molecule has 0 saturated carbocycles. The van der Waals surface area contributed by atoms with Crippen molar-refractivity contribution in [2.45, 2.75) is 29.2 Å². The molecule has 3 rings (SSSR count). The van der Waals surface area contributed by atoms with Crippen LogP contribution in [-0.4, -0.2) is 12.0 Å². The van der Waals surface area contributed by atoms with Gasteiger partial charge in [-0.2, -0.15) is 0 Å². The smallest absolute Gasteiger partial charge is 0.127 e. The summed E-state index contributed by atoms with van der Waals surface area (Å²) in [5.41, 5.74) is 3.04. The molecule has 0 aliphatic heterocycles. The van der Waals surface area contributed by atoms with Gasteiger partial charge in [-0.25, -0.2) is 4.98 Å². The standard InChI is InChI=1S/C15H16N2S/c1-16-14-6-3-7-15(17-14)18-13-9-8-11-4-2-5-12(11)10-13/h3,6-10H,2,4-5H2,1H3,(H,16,17). The molecule has 1 aromatic carbocycles. The van der Waals surface area contributed by atoms with Crippen LogP contribution in [0, 0.1) is 0 Å². The molecule has 1 heterocycles. The molecule has 2 nitrogen and oxygen atoms in total. The minimum Gasteiger partial charge on any atom is -0.373 e. The summed E-state index contributed by atoms with van der Waals surface area (Å²) in [4.78, 5) is 5.82. The molecule has 1 aliphatic rings. The Hall–Kier alpha value is -1.48. The van der Waals surface area contributed by atoms with E-state index in [2.05, 4.69) is 34.6 Å². The van der Waals surface area contributed by atoms with Gasteiger partial charge in [0.15, 0.2) is 0 Å². The maximum Gasteiger partial charge on any atom is 0.127 e. The van der Waals surface area contributed by atoms with Gasteiger partial charge in [0.05, 0.1) is 0 Å². The first kappa shape index (κ1) is 11.6. The van der Waals surface area contributed by atoms with Crippen LogP contribution in [0.4, 0.5) is 5.82 Å². The first-order chi connectivity index (χ1) is 8.85. The van der Waals surface area contributed by atoms with Crippen LogP contribution >= 0.6 is 11.8 Å². The number of anilines is 1. The number of hydrogen-bond acceptors (Lipinski definition) is 3. The molecule has 0 bridgehead atoms. The summed E-state index contributed by atoms with van der Waals surface area (Å²) in [5, 5.41) is 4.11. The van der Waals surface area contributed by atoms with Crippen LogP contribution in [0.2, 0.25) is 0 Å². The average Bonchev–Trinajstić information content (AvgIpc) is 2.86. The van der Waals surface area contributed by atoms with Crippen LogP contribution in [0.5, 0.6) is 0 Å². The van der Waals surface area contributed by atoms with Gasteiger partial charge in [-0.15, -0.1) is 0 Å². The summed E-state index contributed by atoms with van der Waals surface area (Å²) in [6, 6.07) is 12.9. The maximum absolute atomic E-state index is 4.53. The van der Waals surface area contributed by atoms with Crippen molar-refractivity contribution in [2.24, 2.45) is 0 Å². The van der Waals surface area contributed by atoms with Crippen molar-refractivity contribution in [3.8, 4) is 0 Å². The fourth-order valence-corrected chi connectivity index (χ4v) is 3.21. The third-order valence-corrected chi connectivity index (χ3v) is 4.20. The summed E-state index contributed by atoms with van der Waals surface area (Å²) >= 11 is 1.73. The van der Waals surface area contributed by atoms with E-state index in [0.717, 1.165) is 10.8 Å². The first-order valence-corrected chi connectivity index (χ1v) is 7.11. The minimum atomic E-state index is 0.918. The zero-order chi connectivity index (χ0) is 12.4. The van der Waals surface area contributed by atoms with E-state index in [-0.39, 0.29) is 0 Å². The molecule has 1 aromatic heterocycles. The molecule has 0 amide bonds. The number of fused-ring (bicyclic) bond motifs is 1. The number of benzene rings is 1. The molecule has 0 spiro atoms. The van der Waals surface area contributed by atoms with Gasteiger partial charge in [-0.05, 0) is 54.7 Å². The second kappa shape index (κ2) is 5.02. The molecule has 1 aliphatic carbocycles. The molecule has 1 N–H and O–H groups in total. The predicted molar refractivity (Wildman–Crippen MR) is 76.4 cm³/mol. The lowest BCUT2D eigenvalue weighted by Crippen LogP contribution is -1.92. The Morgan fingerprint density at radius 3 is 2.89 bits per heavy atom. The Balaban J connectivity index is 1.83. The summed E-state index contributed by atoms with van der Waals surface area (Å²) in [6.45, 7) is 0. The Bertz CT molecular complexity index is 566. The average molecular weight is 256 g/mol. The molecule has 92 valence electrons. The lowest BCUT2D eigenvalue weighted by atomic mass is 10.1. The van der Waals surface area contributed by atoms with E-state index in [4.69, 9.17) is 0 Å². The lowest BCUT2D eigenvalue weighted by molar-refractivity contribution is 0.911. The van der Waals surface area contributed by atoms with Gasteiger partial charge in [-0.1, -0.05) is 23.9 Å². The molecule has 0 fully saturated rings. The Kier molecular flexibility index (Phi) is 3.24. The molecule has 2 aromatic rings. The predicted octanol–water partition coefficient (Wildman–Crippen LogP) is 3.76. The van der Waals surface area contributed by atoms with E-state index in [9.17, 15) is 0 Å². The van der Waals surface area contributed by atoms with Crippen molar-refractivity contribution in [2.75, 3.05) is 12.4 Å². The second-order valence-corrected chi connectivity index (χ2v) is 5.59. The van der Waals surface area contributed by atoms with Crippen molar-refractivity contribution in [3.63, 3.8) is 0 Å². The summed E-state index contributed by atoms with van der Waals surface area (Å²) in [6.07, 6.45) is 3.78. The lowest BCUT2D eigenvalue weighted by Gasteiger charge is -2.05. The van der Waals surface area contributed by atoms with Gasteiger partial charge >= 0.3 is 0 Å². The molecule has 0 saturated heterocycles. The number of hydrogen-bond donors (Lipinski definition) is 1. The van der Waals surface area contributed by atoms with Gasteiger partial charge in [-0.3, -0.25) is 0 Å². The third kappa shape index (κ3) is 2.36. The second-order valence-electron chi connectivity index (χ2n) is 4.50. The van der Waals surface area contributed by atoms with Crippen molar-refractivity contribution < 1.29 is 0 Å². The van der Waals surface area contributed by atoms with Crippen LogP contribution in [0.3, 0.4) is 0 Å². The SMILES string of the molecule is CNc1cccc(Sc2ccc3c(c2)CCC3)n1. The number of aryl methyl sites for hydroxylation is 2. The van der Waals surface area contributed by atoms with Crippen LogP contribution < -0.4 is 5.32 Å². The van der Waals surface area contributed by atoms with Crippen molar-refractivity contribution in [1.82, 2.24) is 4.98 Å². The topological polar surface area (TPSA) is 24.9 Å². The highest BCUT2D eigenvalue weighted by molar-refractivity contribution is 7.99. The fraction of sp³-hybridized carbons (Fsp3) is 0.267. The number of nitrogens with zero attached hydrogens (tertiary/aromatic N) is 1. The van der Waals surface area contributed by atoms with Gasteiger partial charge in [0.2, 0.25) is 0 Å². The van der Waals surface area contributed by atoms with Crippen LogP contribution in [-0.2, 0) is 12.8 Å². The molecule has 0 radical (unpaired) electrons. The molecule has 3 heteroatoms. The van der Waals surface area contributed by atoms with Crippen LogP contribution in [0.15, 0.2) is 46.3 Å². The van der Waals surface area contributed by atoms with E-state index in [0.29, 0.717) is 0 Å². The minimum absolute atomic E-state index is 0.918. The van der Waals surface area contributed by atoms with Crippen molar-refractivity contribution in [3.05, 3.63) is 47.5 Å². The normalized spacial score (nSPS) is 13.4. The van der Waals surface area contributed by atoms with Crippen LogP contribution in [0.25, 0.3) is 0 Å². The largest absolute Gasteiger partial charge is 0.373 e. The van der Waals surface area contributed by atoms with Gasteiger partial charge in [0, 0.05) is 11.9 Å². The highest BCUT2D eigenvalue weighted by Crippen LogP contribution is 2.31. The van der Waals surface area contributed by atoms with E-state index in [1.54, 1.807) is 11.8 Å². The van der Waals surface area contributed by atoms with Gasteiger partial charge in [0.25, 0.3) is 0 Å². The van der Waals surface area contributed by atoms with E-state index < -0.39 is 0 Å². The Morgan fingerprint density at radius 1 is 1.11 bits per heavy atom. The molecule has 18 heavy (non-hydrogen) atoms. The van der Waals surface area contributed by atoms with Gasteiger partial charge in [0.1, 0.15) is 10.8 Å². The highest BCUT2D eigenvalue weighted by atomic mass is 32.2.